The van der Waals surface area contributed by atoms with Crippen molar-refractivity contribution in [1.82, 2.24) is 5.32 Å². The zero-order chi connectivity index (χ0) is 19.4. The molecule has 3 rings (SSSR count). The summed E-state index contributed by atoms with van der Waals surface area (Å²) in [4.78, 5) is 37.7. The van der Waals surface area contributed by atoms with Gasteiger partial charge in [-0.1, -0.05) is 29.8 Å². The van der Waals surface area contributed by atoms with Crippen molar-refractivity contribution < 1.29 is 19.1 Å². The number of aryl methyl sites for hydroxylation is 1. The fourth-order valence-electron chi connectivity index (χ4n) is 3.12. The lowest BCUT2D eigenvalue weighted by Crippen LogP contribution is -2.31. The maximum Gasteiger partial charge on any atom is 0.308 e. The molecule has 1 aliphatic heterocycles. The molecule has 1 atom stereocenters. The Morgan fingerprint density at radius 2 is 1.85 bits per heavy atom. The summed E-state index contributed by atoms with van der Waals surface area (Å²) in [5.41, 5.74) is 2.31. The molecule has 1 fully saturated rings. The maximum atomic E-state index is 12.5. The smallest absolute Gasteiger partial charge is 0.308 e. The van der Waals surface area contributed by atoms with Crippen molar-refractivity contribution in [2.45, 2.75) is 20.3 Å². The highest BCUT2D eigenvalue weighted by Crippen LogP contribution is 2.25. The first-order valence-corrected chi connectivity index (χ1v) is 8.86. The molecule has 1 unspecified atom stereocenters. The SMILES string of the molecule is CC(=O)Oc1ccccc1C(=O)NCC1CC(=O)N(c2ccc(C)cc2)C1. The highest BCUT2D eigenvalue weighted by atomic mass is 16.5. The number of amides is 2. The van der Waals surface area contributed by atoms with E-state index < -0.39 is 5.97 Å². The van der Waals surface area contributed by atoms with Crippen molar-refractivity contribution in [1.29, 1.82) is 0 Å². The Morgan fingerprint density at radius 3 is 2.56 bits per heavy atom. The number of nitrogens with zero attached hydrogens (tertiary/aromatic N) is 1. The van der Waals surface area contributed by atoms with Crippen molar-refractivity contribution in [2.24, 2.45) is 5.92 Å². The highest BCUT2D eigenvalue weighted by Gasteiger charge is 2.31. The largest absolute Gasteiger partial charge is 0.426 e. The van der Waals surface area contributed by atoms with Crippen LogP contribution in [0.4, 0.5) is 5.69 Å². The molecule has 6 nitrogen and oxygen atoms in total. The molecule has 0 aromatic heterocycles. The van der Waals surface area contributed by atoms with E-state index in [2.05, 4.69) is 5.32 Å². The van der Waals surface area contributed by atoms with E-state index in [0.29, 0.717) is 25.1 Å². The topological polar surface area (TPSA) is 75.7 Å². The fourth-order valence-corrected chi connectivity index (χ4v) is 3.12. The van der Waals surface area contributed by atoms with Crippen LogP contribution >= 0.6 is 0 Å². The summed E-state index contributed by atoms with van der Waals surface area (Å²) >= 11 is 0. The molecule has 6 heteroatoms. The molecular weight excluding hydrogens is 344 g/mol. The van der Waals surface area contributed by atoms with E-state index in [1.165, 1.54) is 6.92 Å². The van der Waals surface area contributed by atoms with Crippen LogP contribution in [0.1, 0.15) is 29.3 Å². The number of anilines is 1. The quantitative estimate of drug-likeness (QED) is 0.652. The number of ether oxygens (including phenoxy) is 1. The summed E-state index contributed by atoms with van der Waals surface area (Å²) in [5, 5.41) is 2.85. The van der Waals surface area contributed by atoms with Crippen LogP contribution in [0.3, 0.4) is 0 Å². The Bertz CT molecular complexity index is 861. The first-order chi connectivity index (χ1) is 12.9. The number of hydrogen-bond acceptors (Lipinski definition) is 4. The molecule has 0 saturated carbocycles. The van der Waals surface area contributed by atoms with E-state index in [1.807, 2.05) is 31.2 Å². The van der Waals surface area contributed by atoms with E-state index >= 15 is 0 Å². The monoisotopic (exact) mass is 366 g/mol. The van der Waals surface area contributed by atoms with Crippen LogP contribution in [0.5, 0.6) is 5.75 Å². The number of para-hydroxylation sites is 1. The number of carbonyl (C=O) groups excluding carboxylic acids is 3. The fraction of sp³-hybridized carbons (Fsp3) is 0.286. The second-order valence-corrected chi connectivity index (χ2v) is 6.71. The van der Waals surface area contributed by atoms with Crippen LogP contribution in [0.2, 0.25) is 0 Å². The van der Waals surface area contributed by atoms with Crippen molar-refractivity contribution in [3.05, 3.63) is 59.7 Å². The molecule has 2 aromatic carbocycles. The second kappa shape index (κ2) is 8.03. The zero-order valence-electron chi connectivity index (χ0n) is 15.4. The first-order valence-electron chi connectivity index (χ1n) is 8.86. The van der Waals surface area contributed by atoms with Gasteiger partial charge in [-0.15, -0.1) is 0 Å². The standard InChI is InChI=1S/C21H22N2O4/c1-14-7-9-17(10-8-14)23-13-16(11-20(23)25)12-22-21(26)18-5-3-4-6-19(18)27-15(2)24/h3-10,16H,11-13H2,1-2H3,(H,22,26). The van der Waals surface area contributed by atoms with Gasteiger partial charge < -0.3 is 15.0 Å². The Labute approximate surface area is 158 Å². The van der Waals surface area contributed by atoms with Crippen molar-refractivity contribution >= 4 is 23.5 Å². The number of esters is 1. The minimum absolute atomic E-state index is 0.0311. The number of hydrogen-bond donors (Lipinski definition) is 1. The van der Waals surface area contributed by atoms with Gasteiger partial charge in [0.1, 0.15) is 5.75 Å². The van der Waals surface area contributed by atoms with Gasteiger partial charge in [-0.05, 0) is 31.2 Å². The van der Waals surface area contributed by atoms with Gasteiger partial charge in [0.2, 0.25) is 5.91 Å². The molecule has 1 aliphatic rings. The van der Waals surface area contributed by atoms with Crippen LogP contribution in [0, 0.1) is 12.8 Å². The van der Waals surface area contributed by atoms with E-state index in [1.54, 1.807) is 29.2 Å². The van der Waals surface area contributed by atoms with E-state index in [9.17, 15) is 14.4 Å². The summed E-state index contributed by atoms with van der Waals surface area (Å²) in [6.45, 7) is 4.23. The van der Waals surface area contributed by atoms with Crippen molar-refractivity contribution in [2.75, 3.05) is 18.0 Å². The molecule has 27 heavy (non-hydrogen) atoms. The minimum Gasteiger partial charge on any atom is -0.426 e. The lowest BCUT2D eigenvalue weighted by atomic mass is 10.1. The van der Waals surface area contributed by atoms with E-state index in [-0.39, 0.29) is 23.5 Å². The predicted octanol–water partition coefficient (Wildman–Crippen LogP) is 2.70. The summed E-state index contributed by atoms with van der Waals surface area (Å²) in [6, 6.07) is 14.4. The van der Waals surface area contributed by atoms with Gasteiger partial charge in [0.05, 0.1) is 5.56 Å². The molecule has 2 amide bonds. The number of benzene rings is 2. The maximum absolute atomic E-state index is 12.5. The third-order valence-corrected chi connectivity index (χ3v) is 4.49. The third-order valence-electron chi connectivity index (χ3n) is 4.49. The zero-order valence-corrected chi connectivity index (χ0v) is 15.4. The van der Waals surface area contributed by atoms with Crippen LogP contribution in [-0.4, -0.2) is 30.9 Å². The van der Waals surface area contributed by atoms with Crippen LogP contribution in [0.15, 0.2) is 48.5 Å². The second-order valence-electron chi connectivity index (χ2n) is 6.71. The summed E-state index contributed by atoms with van der Waals surface area (Å²) in [7, 11) is 0. The number of rotatable bonds is 5. The van der Waals surface area contributed by atoms with Crippen molar-refractivity contribution in [3.63, 3.8) is 0 Å². The summed E-state index contributed by atoms with van der Waals surface area (Å²) in [6.07, 6.45) is 0.389. The lowest BCUT2D eigenvalue weighted by molar-refractivity contribution is -0.131. The minimum atomic E-state index is -0.481. The van der Waals surface area contributed by atoms with Gasteiger partial charge in [0, 0.05) is 38.0 Å². The normalized spacial score (nSPS) is 16.3. The Balaban J connectivity index is 1.61. The summed E-state index contributed by atoms with van der Waals surface area (Å²) in [5.74, 6) is -0.494. The Kier molecular flexibility index (Phi) is 5.54. The molecule has 1 N–H and O–H groups in total. The van der Waals surface area contributed by atoms with Gasteiger partial charge in [-0.3, -0.25) is 14.4 Å². The van der Waals surface area contributed by atoms with Crippen LogP contribution < -0.4 is 15.0 Å². The van der Waals surface area contributed by atoms with Gasteiger partial charge in [0.15, 0.2) is 0 Å². The average molecular weight is 366 g/mol. The number of carbonyl (C=O) groups is 3. The van der Waals surface area contributed by atoms with Crippen LogP contribution in [0.25, 0.3) is 0 Å². The van der Waals surface area contributed by atoms with Gasteiger partial charge >= 0.3 is 5.97 Å². The lowest BCUT2D eigenvalue weighted by Gasteiger charge is -2.17. The van der Waals surface area contributed by atoms with E-state index in [4.69, 9.17) is 4.74 Å². The van der Waals surface area contributed by atoms with Crippen molar-refractivity contribution in [3.8, 4) is 5.75 Å². The molecule has 0 radical (unpaired) electrons. The number of nitrogens with one attached hydrogen (secondary N) is 1. The van der Waals surface area contributed by atoms with Gasteiger partial charge in [0.25, 0.3) is 5.91 Å². The molecule has 2 aromatic rings. The predicted molar refractivity (Wildman–Crippen MR) is 102 cm³/mol. The van der Waals surface area contributed by atoms with E-state index in [0.717, 1.165) is 11.3 Å². The molecule has 0 bridgehead atoms. The van der Waals surface area contributed by atoms with Gasteiger partial charge in [-0.2, -0.15) is 0 Å². The van der Waals surface area contributed by atoms with Crippen LogP contribution in [-0.2, 0) is 9.59 Å². The molecular formula is C21H22N2O4. The first kappa shape index (κ1) is 18.6. The highest BCUT2D eigenvalue weighted by molar-refractivity contribution is 5.98. The Hall–Kier alpha value is -3.15. The average Bonchev–Trinajstić information content (AvgIpc) is 3.01. The molecule has 140 valence electrons. The summed E-state index contributed by atoms with van der Waals surface area (Å²) < 4.78 is 5.08. The molecule has 0 aliphatic carbocycles. The molecule has 1 heterocycles. The molecule has 0 spiro atoms. The molecule has 1 saturated heterocycles. The third kappa shape index (κ3) is 4.53. The van der Waals surface area contributed by atoms with Gasteiger partial charge in [-0.25, -0.2) is 0 Å². The Morgan fingerprint density at radius 1 is 1.15 bits per heavy atom.